The average molecular weight is 479 g/mol. The monoisotopic (exact) mass is 479 g/mol. The summed E-state index contributed by atoms with van der Waals surface area (Å²) in [5, 5.41) is 0. The van der Waals surface area contributed by atoms with E-state index >= 15 is 0 Å². The Hall–Kier alpha value is -3.15. The number of hydrogen-bond acceptors (Lipinski definition) is 8. The quantitative estimate of drug-likeness (QED) is 0.582. The van der Waals surface area contributed by atoms with Gasteiger partial charge in [0, 0.05) is 37.0 Å². The Morgan fingerprint density at radius 3 is 2.76 bits per heavy atom. The molecule has 2 fully saturated rings. The Labute approximate surface area is 193 Å². The average Bonchev–Trinajstić information content (AvgIpc) is 3.43. The van der Waals surface area contributed by atoms with E-state index in [1.807, 2.05) is 4.90 Å². The maximum Gasteiger partial charge on any atom is 0.408 e. The van der Waals surface area contributed by atoms with Crippen molar-refractivity contribution < 1.29 is 27.4 Å². The first-order valence-electron chi connectivity index (χ1n) is 11.2. The van der Waals surface area contributed by atoms with Gasteiger partial charge in [-0.05, 0) is 25.8 Å². The van der Waals surface area contributed by atoms with E-state index in [9.17, 15) is 22.8 Å². The maximum atomic E-state index is 14.0. The van der Waals surface area contributed by atoms with E-state index in [4.69, 9.17) is 9.47 Å². The van der Waals surface area contributed by atoms with Crippen molar-refractivity contribution in [3.05, 3.63) is 40.3 Å². The molecule has 0 amide bonds. The van der Waals surface area contributed by atoms with E-state index in [1.54, 1.807) is 6.92 Å². The third-order valence-electron chi connectivity index (χ3n) is 6.47. The van der Waals surface area contributed by atoms with Crippen molar-refractivity contribution in [1.29, 1.82) is 0 Å². The van der Waals surface area contributed by atoms with Crippen LogP contribution in [0, 0.1) is 0 Å². The number of aromatic nitrogens is 3. The number of ketones is 1. The third-order valence-corrected chi connectivity index (χ3v) is 6.47. The molecule has 34 heavy (non-hydrogen) atoms. The topological polar surface area (TPSA) is 89.8 Å². The molecule has 0 radical (unpaired) electrons. The first-order valence-corrected chi connectivity index (χ1v) is 11.2. The zero-order valence-electron chi connectivity index (χ0n) is 18.5. The van der Waals surface area contributed by atoms with Gasteiger partial charge in [0.2, 0.25) is 11.8 Å². The summed E-state index contributed by atoms with van der Waals surface area (Å²) in [5.74, 6) is -0.0779. The van der Waals surface area contributed by atoms with Crippen LogP contribution >= 0.6 is 0 Å². The highest BCUT2D eigenvalue weighted by Crippen LogP contribution is 2.36. The molecule has 3 aliphatic rings. The van der Waals surface area contributed by atoms with Crippen molar-refractivity contribution in [2.45, 2.75) is 50.7 Å². The Kier molecular flexibility index (Phi) is 5.70. The van der Waals surface area contributed by atoms with Crippen molar-refractivity contribution in [2.75, 3.05) is 36.1 Å². The molecule has 9 nitrogen and oxygen atoms in total. The second kappa shape index (κ2) is 8.57. The lowest BCUT2D eigenvalue weighted by molar-refractivity contribution is -0.152. The second-order valence-corrected chi connectivity index (χ2v) is 8.62. The minimum atomic E-state index is -4.60. The highest BCUT2D eigenvalue weighted by molar-refractivity contribution is 5.99. The molecule has 5 heterocycles. The van der Waals surface area contributed by atoms with Gasteiger partial charge in [-0.25, -0.2) is 4.98 Å². The number of nitrogens with zero attached hydrogens (tertiary/aromatic N) is 5. The number of rotatable bonds is 6. The number of fused-ring (bicyclic) bond motifs is 3. The first kappa shape index (κ1) is 22.6. The Balaban J connectivity index is 1.49. The van der Waals surface area contributed by atoms with Crippen LogP contribution in [0.1, 0.15) is 30.1 Å². The zero-order chi connectivity index (χ0) is 24.0. The number of morpholine rings is 1. The van der Waals surface area contributed by atoms with E-state index in [-0.39, 0.29) is 36.6 Å². The highest BCUT2D eigenvalue weighted by atomic mass is 19.4. The predicted octanol–water partition coefficient (Wildman–Crippen LogP) is 2.04. The van der Waals surface area contributed by atoms with Gasteiger partial charge in [0.05, 0.1) is 31.9 Å². The summed E-state index contributed by atoms with van der Waals surface area (Å²) in [4.78, 5) is 37.1. The maximum absolute atomic E-state index is 14.0. The first-order chi connectivity index (χ1) is 16.2. The Morgan fingerprint density at radius 2 is 2.15 bits per heavy atom. The second-order valence-electron chi connectivity index (χ2n) is 8.62. The minimum absolute atomic E-state index is 0.0263. The summed E-state index contributed by atoms with van der Waals surface area (Å²) < 4.78 is 54.0. The van der Waals surface area contributed by atoms with Gasteiger partial charge in [0.25, 0.3) is 5.56 Å². The van der Waals surface area contributed by atoms with Crippen LogP contribution in [-0.4, -0.2) is 71.0 Å². The van der Waals surface area contributed by atoms with Crippen LogP contribution in [0.3, 0.4) is 0 Å². The number of halogens is 3. The van der Waals surface area contributed by atoms with Crippen LogP contribution in [0.15, 0.2) is 29.2 Å². The molecule has 2 saturated heterocycles. The zero-order valence-corrected chi connectivity index (χ0v) is 18.5. The largest absolute Gasteiger partial charge is 0.478 e. The predicted molar refractivity (Wildman–Crippen MR) is 116 cm³/mol. The van der Waals surface area contributed by atoms with Gasteiger partial charge in [-0.2, -0.15) is 18.2 Å². The number of Topliss-reactive ketones (excluding diaryl/α,β-unsaturated/α-hetero) is 1. The van der Waals surface area contributed by atoms with Crippen molar-refractivity contribution in [3.63, 3.8) is 0 Å². The van der Waals surface area contributed by atoms with E-state index in [2.05, 4.69) is 9.97 Å². The normalized spacial score (nSPS) is 23.8. The van der Waals surface area contributed by atoms with E-state index in [0.717, 1.165) is 11.3 Å². The number of pyridine rings is 1. The van der Waals surface area contributed by atoms with E-state index in [0.29, 0.717) is 31.5 Å². The molecule has 3 atom stereocenters. The summed E-state index contributed by atoms with van der Waals surface area (Å²) >= 11 is 0. The lowest BCUT2D eigenvalue weighted by Crippen LogP contribution is -2.54. The molecule has 0 saturated carbocycles. The summed E-state index contributed by atoms with van der Waals surface area (Å²) in [6.07, 6.45) is -2.86. The standard InChI is InChI=1S/C22H24F3N5O4/c1-2-33-19-4-3-13(9-26-19)16(31)11-30-17(22(23,24)25)5-6-28-20(32)8-18(27-21(28)30)29-10-15-7-14(29)12-34-15/h3-4,8-9,14-15,17H,2,5-7,10-12H2,1H3/t14-,15+,17-/m0/s1. The SMILES string of the molecule is CCOc1ccc(C(=O)CN2c3nc(N4C[C@H]5C[C@H]4CO5)cc(=O)n3CC[C@H]2C(F)(F)F)cn1. The number of ether oxygens (including phenoxy) is 2. The lowest BCUT2D eigenvalue weighted by Gasteiger charge is -2.39. The third kappa shape index (κ3) is 4.10. The number of carbonyl (C=O) groups excluding carboxylic acids is 1. The lowest BCUT2D eigenvalue weighted by atomic mass is 10.1. The summed E-state index contributed by atoms with van der Waals surface area (Å²) in [7, 11) is 0. The van der Waals surface area contributed by atoms with Crippen molar-refractivity contribution in [1.82, 2.24) is 14.5 Å². The van der Waals surface area contributed by atoms with Crippen LogP contribution < -0.4 is 20.1 Å². The van der Waals surface area contributed by atoms with Crippen molar-refractivity contribution >= 4 is 17.5 Å². The van der Waals surface area contributed by atoms with Crippen molar-refractivity contribution in [2.24, 2.45) is 0 Å². The molecule has 3 aliphatic heterocycles. The van der Waals surface area contributed by atoms with Crippen LogP contribution in [0.5, 0.6) is 5.88 Å². The molecule has 0 N–H and O–H groups in total. The van der Waals surface area contributed by atoms with Gasteiger partial charge in [0.15, 0.2) is 5.78 Å². The van der Waals surface area contributed by atoms with Crippen LogP contribution in [0.25, 0.3) is 0 Å². The highest BCUT2D eigenvalue weighted by Gasteiger charge is 2.48. The molecule has 182 valence electrons. The van der Waals surface area contributed by atoms with Gasteiger partial charge in [-0.1, -0.05) is 0 Å². The van der Waals surface area contributed by atoms with Gasteiger partial charge >= 0.3 is 6.18 Å². The minimum Gasteiger partial charge on any atom is -0.478 e. The molecule has 2 aromatic rings. The number of carbonyl (C=O) groups is 1. The number of alkyl halides is 3. The van der Waals surface area contributed by atoms with Crippen LogP contribution in [0.2, 0.25) is 0 Å². The number of anilines is 2. The Bertz CT molecular complexity index is 1140. The molecule has 0 aliphatic carbocycles. The van der Waals surface area contributed by atoms with E-state index in [1.165, 1.54) is 29.0 Å². The fraction of sp³-hybridized carbons (Fsp3) is 0.545. The van der Waals surface area contributed by atoms with Gasteiger partial charge in [-0.3, -0.25) is 14.2 Å². The molecule has 12 heteroatoms. The van der Waals surface area contributed by atoms with Gasteiger partial charge in [0.1, 0.15) is 11.9 Å². The summed E-state index contributed by atoms with van der Waals surface area (Å²) in [5.41, 5.74) is -0.293. The molecular formula is C22H24F3N5O4. The molecule has 0 aromatic carbocycles. The Morgan fingerprint density at radius 1 is 1.32 bits per heavy atom. The van der Waals surface area contributed by atoms with Gasteiger partial charge in [-0.15, -0.1) is 0 Å². The summed E-state index contributed by atoms with van der Waals surface area (Å²) in [6.45, 7) is 2.48. The molecule has 5 rings (SSSR count). The number of hydrogen-bond donors (Lipinski definition) is 0. The summed E-state index contributed by atoms with van der Waals surface area (Å²) in [6, 6.07) is 2.41. The fourth-order valence-electron chi connectivity index (χ4n) is 4.83. The van der Waals surface area contributed by atoms with Gasteiger partial charge < -0.3 is 19.3 Å². The molecule has 2 bridgehead atoms. The van der Waals surface area contributed by atoms with Crippen LogP contribution in [0.4, 0.5) is 24.9 Å². The van der Waals surface area contributed by atoms with E-state index < -0.39 is 30.1 Å². The molecule has 0 spiro atoms. The molecule has 0 unspecified atom stereocenters. The molecular weight excluding hydrogens is 455 g/mol. The van der Waals surface area contributed by atoms with Crippen LogP contribution in [-0.2, 0) is 11.3 Å². The fourth-order valence-corrected chi connectivity index (χ4v) is 4.83. The smallest absolute Gasteiger partial charge is 0.408 e. The van der Waals surface area contributed by atoms with Crippen molar-refractivity contribution in [3.8, 4) is 5.88 Å². The molecule has 2 aromatic heterocycles.